The van der Waals surface area contributed by atoms with Crippen molar-refractivity contribution in [2.45, 2.75) is 20.0 Å². The van der Waals surface area contributed by atoms with Crippen molar-refractivity contribution in [3.8, 4) is 5.69 Å². The standard InChI is InChI=1S/C15H19N3O2/c1-11(2)14(19)9-17-15(20)13-8-16-10-18(13)12-6-4-3-5-7-12/h3-8,10-11,14,19H,9H2,1-2H3,(H,17,20). The highest BCUT2D eigenvalue weighted by atomic mass is 16.3. The van der Waals surface area contributed by atoms with E-state index >= 15 is 0 Å². The molecule has 0 fully saturated rings. The van der Waals surface area contributed by atoms with Gasteiger partial charge in [0.1, 0.15) is 5.69 Å². The molecule has 1 amide bonds. The maximum atomic E-state index is 12.1. The summed E-state index contributed by atoms with van der Waals surface area (Å²) >= 11 is 0. The highest BCUT2D eigenvalue weighted by Gasteiger charge is 2.15. The lowest BCUT2D eigenvalue weighted by Crippen LogP contribution is -2.35. The van der Waals surface area contributed by atoms with E-state index in [1.54, 1.807) is 10.9 Å². The van der Waals surface area contributed by atoms with Crippen LogP contribution in [0, 0.1) is 5.92 Å². The topological polar surface area (TPSA) is 67.2 Å². The fraction of sp³-hybridized carbons (Fsp3) is 0.333. The Kier molecular flexibility index (Phi) is 4.53. The minimum Gasteiger partial charge on any atom is -0.391 e. The van der Waals surface area contributed by atoms with Crippen LogP contribution in [0.3, 0.4) is 0 Å². The molecule has 1 heterocycles. The van der Waals surface area contributed by atoms with Crippen LogP contribution in [-0.4, -0.2) is 33.2 Å². The Balaban J connectivity index is 2.10. The van der Waals surface area contributed by atoms with Crippen LogP contribution < -0.4 is 5.32 Å². The Bertz CT molecular complexity index is 564. The molecule has 0 aliphatic rings. The number of para-hydroxylation sites is 1. The van der Waals surface area contributed by atoms with Gasteiger partial charge in [-0.1, -0.05) is 32.0 Å². The van der Waals surface area contributed by atoms with Crippen LogP contribution >= 0.6 is 0 Å². The van der Waals surface area contributed by atoms with Gasteiger partial charge in [0, 0.05) is 12.2 Å². The molecule has 0 radical (unpaired) electrons. The lowest BCUT2D eigenvalue weighted by atomic mass is 10.1. The molecule has 1 aromatic heterocycles. The van der Waals surface area contributed by atoms with E-state index in [0.717, 1.165) is 5.69 Å². The maximum Gasteiger partial charge on any atom is 0.270 e. The minimum atomic E-state index is -0.549. The molecule has 0 aliphatic carbocycles. The van der Waals surface area contributed by atoms with Gasteiger partial charge in [-0.3, -0.25) is 9.36 Å². The molecule has 5 nitrogen and oxygen atoms in total. The first-order valence-electron chi connectivity index (χ1n) is 6.63. The molecule has 1 atom stereocenters. The maximum absolute atomic E-state index is 12.1. The Morgan fingerprint density at radius 1 is 1.35 bits per heavy atom. The zero-order valence-electron chi connectivity index (χ0n) is 11.7. The van der Waals surface area contributed by atoms with Crippen LogP contribution in [0.4, 0.5) is 0 Å². The summed E-state index contributed by atoms with van der Waals surface area (Å²) in [6.45, 7) is 4.05. The SMILES string of the molecule is CC(C)C(O)CNC(=O)c1cncn1-c1ccccc1. The van der Waals surface area contributed by atoms with Crippen LogP contribution in [0.2, 0.25) is 0 Å². The van der Waals surface area contributed by atoms with E-state index in [9.17, 15) is 9.90 Å². The third kappa shape index (κ3) is 3.24. The fourth-order valence-corrected chi connectivity index (χ4v) is 1.78. The highest BCUT2D eigenvalue weighted by Crippen LogP contribution is 2.10. The largest absolute Gasteiger partial charge is 0.391 e. The van der Waals surface area contributed by atoms with Gasteiger partial charge in [-0.2, -0.15) is 0 Å². The summed E-state index contributed by atoms with van der Waals surface area (Å²) in [6, 6.07) is 9.53. The zero-order valence-corrected chi connectivity index (χ0v) is 11.7. The van der Waals surface area contributed by atoms with Crippen LogP contribution in [0.5, 0.6) is 0 Å². The van der Waals surface area contributed by atoms with Crippen molar-refractivity contribution in [3.63, 3.8) is 0 Å². The lowest BCUT2D eigenvalue weighted by Gasteiger charge is -2.15. The number of amides is 1. The molecule has 2 rings (SSSR count). The van der Waals surface area contributed by atoms with Gasteiger partial charge < -0.3 is 10.4 Å². The van der Waals surface area contributed by atoms with E-state index in [4.69, 9.17) is 0 Å². The fourth-order valence-electron chi connectivity index (χ4n) is 1.78. The minimum absolute atomic E-state index is 0.106. The molecular formula is C15H19N3O2. The first-order valence-corrected chi connectivity index (χ1v) is 6.63. The van der Waals surface area contributed by atoms with Gasteiger partial charge in [0.15, 0.2) is 0 Å². The Hall–Kier alpha value is -2.14. The van der Waals surface area contributed by atoms with E-state index in [1.807, 2.05) is 44.2 Å². The summed E-state index contributed by atoms with van der Waals surface area (Å²) < 4.78 is 1.72. The second-order valence-corrected chi connectivity index (χ2v) is 5.01. The zero-order chi connectivity index (χ0) is 14.5. The van der Waals surface area contributed by atoms with Crippen LogP contribution in [0.1, 0.15) is 24.3 Å². The van der Waals surface area contributed by atoms with E-state index in [0.29, 0.717) is 5.69 Å². The van der Waals surface area contributed by atoms with Crippen molar-refractivity contribution in [2.75, 3.05) is 6.54 Å². The number of rotatable bonds is 5. The number of carbonyl (C=O) groups excluding carboxylic acids is 1. The summed E-state index contributed by atoms with van der Waals surface area (Å²) in [5.41, 5.74) is 1.33. The number of imidazole rings is 1. The summed E-state index contributed by atoms with van der Waals surface area (Å²) in [5, 5.41) is 12.4. The summed E-state index contributed by atoms with van der Waals surface area (Å²) in [4.78, 5) is 16.2. The van der Waals surface area contributed by atoms with Gasteiger partial charge in [0.25, 0.3) is 5.91 Å². The molecule has 1 aromatic carbocycles. The molecule has 0 saturated heterocycles. The average Bonchev–Trinajstić information content (AvgIpc) is 2.94. The Morgan fingerprint density at radius 2 is 2.05 bits per heavy atom. The number of hydrogen-bond acceptors (Lipinski definition) is 3. The molecule has 2 N–H and O–H groups in total. The summed E-state index contributed by atoms with van der Waals surface area (Å²) in [6.07, 6.45) is 2.57. The monoisotopic (exact) mass is 273 g/mol. The highest BCUT2D eigenvalue weighted by molar-refractivity contribution is 5.93. The second kappa shape index (κ2) is 6.34. The van der Waals surface area contributed by atoms with E-state index < -0.39 is 6.10 Å². The molecule has 1 unspecified atom stereocenters. The predicted molar refractivity (Wildman–Crippen MR) is 76.7 cm³/mol. The van der Waals surface area contributed by atoms with Gasteiger partial charge in [0.2, 0.25) is 0 Å². The lowest BCUT2D eigenvalue weighted by molar-refractivity contribution is 0.0865. The number of nitrogens with one attached hydrogen (secondary N) is 1. The normalized spacial score (nSPS) is 12.4. The quantitative estimate of drug-likeness (QED) is 0.870. The molecular weight excluding hydrogens is 254 g/mol. The van der Waals surface area contributed by atoms with Crippen LogP contribution in [0.25, 0.3) is 5.69 Å². The third-order valence-corrected chi connectivity index (χ3v) is 3.15. The van der Waals surface area contributed by atoms with E-state index in [-0.39, 0.29) is 18.4 Å². The Labute approximate surface area is 118 Å². The van der Waals surface area contributed by atoms with Gasteiger partial charge in [0.05, 0.1) is 18.6 Å². The number of carbonyl (C=O) groups is 1. The van der Waals surface area contributed by atoms with Gasteiger partial charge in [-0.25, -0.2) is 4.98 Å². The van der Waals surface area contributed by atoms with Crippen molar-refractivity contribution >= 4 is 5.91 Å². The number of benzene rings is 1. The number of aliphatic hydroxyl groups is 1. The van der Waals surface area contributed by atoms with Crippen LogP contribution in [-0.2, 0) is 0 Å². The van der Waals surface area contributed by atoms with E-state index in [2.05, 4.69) is 10.3 Å². The average molecular weight is 273 g/mol. The van der Waals surface area contributed by atoms with Gasteiger partial charge in [-0.15, -0.1) is 0 Å². The molecule has 106 valence electrons. The van der Waals surface area contributed by atoms with Crippen molar-refractivity contribution in [1.29, 1.82) is 0 Å². The smallest absolute Gasteiger partial charge is 0.270 e. The number of nitrogens with zero attached hydrogens (tertiary/aromatic N) is 2. The van der Waals surface area contributed by atoms with Crippen molar-refractivity contribution in [3.05, 3.63) is 48.5 Å². The third-order valence-electron chi connectivity index (χ3n) is 3.15. The molecule has 2 aromatic rings. The van der Waals surface area contributed by atoms with Crippen molar-refractivity contribution < 1.29 is 9.90 Å². The van der Waals surface area contributed by atoms with Gasteiger partial charge in [-0.05, 0) is 18.1 Å². The van der Waals surface area contributed by atoms with Gasteiger partial charge >= 0.3 is 0 Å². The molecule has 5 heteroatoms. The second-order valence-electron chi connectivity index (χ2n) is 5.01. The molecule has 0 bridgehead atoms. The number of hydrogen-bond donors (Lipinski definition) is 2. The Morgan fingerprint density at radius 3 is 2.70 bits per heavy atom. The summed E-state index contributed by atoms with van der Waals surface area (Å²) in [5.74, 6) is -0.139. The molecule has 20 heavy (non-hydrogen) atoms. The van der Waals surface area contributed by atoms with Crippen molar-refractivity contribution in [2.24, 2.45) is 5.92 Å². The van der Waals surface area contributed by atoms with Crippen LogP contribution in [0.15, 0.2) is 42.9 Å². The number of aromatic nitrogens is 2. The first-order chi connectivity index (χ1) is 9.59. The molecule has 0 spiro atoms. The summed E-state index contributed by atoms with van der Waals surface area (Å²) in [7, 11) is 0. The molecule has 0 aliphatic heterocycles. The van der Waals surface area contributed by atoms with E-state index in [1.165, 1.54) is 6.20 Å². The van der Waals surface area contributed by atoms with Crippen molar-refractivity contribution in [1.82, 2.24) is 14.9 Å². The number of aliphatic hydroxyl groups excluding tert-OH is 1. The predicted octanol–water partition coefficient (Wildman–Crippen LogP) is 1.62. The first kappa shape index (κ1) is 14.3. The molecule has 0 saturated carbocycles.